The maximum absolute atomic E-state index is 12.2. The summed E-state index contributed by atoms with van der Waals surface area (Å²) in [7, 11) is 0. The topological polar surface area (TPSA) is 105 Å². The van der Waals surface area contributed by atoms with Gasteiger partial charge in [-0.25, -0.2) is 0 Å². The second kappa shape index (κ2) is 7.06. The predicted molar refractivity (Wildman–Crippen MR) is 78.5 cm³/mol. The van der Waals surface area contributed by atoms with Gasteiger partial charge in [0.2, 0.25) is 0 Å². The van der Waals surface area contributed by atoms with Crippen molar-refractivity contribution in [3.8, 4) is 0 Å². The van der Waals surface area contributed by atoms with Crippen molar-refractivity contribution in [1.29, 1.82) is 5.41 Å². The number of benzene rings is 1. The van der Waals surface area contributed by atoms with Crippen molar-refractivity contribution in [1.82, 2.24) is 5.32 Å². The van der Waals surface area contributed by atoms with Crippen molar-refractivity contribution < 1.29 is 4.79 Å². The Morgan fingerprint density at radius 2 is 2.21 bits per heavy atom. The van der Waals surface area contributed by atoms with Gasteiger partial charge in [0.15, 0.2) is 11.7 Å². The van der Waals surface area contributed by atoms with E-state index < -0.39 is 6.04 Å². The zero-order valence-electron chi connectivity index (χ0n) is 10.9. The van der Waals surface area contributed by atoms with Gasteiger partial charge in [0, 0.05) is 17.0 Å². The summed E-state index contributed by atoms with van der Waals surface area (Å²) >= 11 is 5.06. The summed E-state index contributed by atoms with van der Waals surface area (Å²) in [6.07, 6.45) is 1.22. The molecular formula is C13H19N4OS. The van der Waals surface area contributed by atoms with Crippen molar-refractivity contribution in [2.75, 3.05) is 6.54 Å². The summed E-state index contributed by atoms with van der Waals surface area (Å²) < 4.78 is 0. The van der Waals surface area contributed by atoms with Crippen molar-refractivity contribution in [2.24, 2.45) is 11.5 Å². The van der Waals surface area contributed by atoms with Gasteiger partial charge < -0.3 is 16.8 Å². The van der Waals surface area contributed by atoms with Gasteiger partial charge in [-0.05, 0) is 37.5 Å². The van der Waals surface area contributed by atoms with Crippen LogP contribution in [-0.4, -0.2) is 24.3 Å². The highest BCUT2D eigenvalue weighted by atomic mass is 32.1. The molecule has 0 saturated heterocycles. The first kappa shape index (κ1) is 15.4. The zero-order chi connectivity index (χ0) is 14.4. The smallest absolute Gasteiger partial charge is 0.185 e. The quantitative estimate of drug-likeness (QED) is 0.273. The highest BCUT2D eigenvalue weighted by molar-refractivity contribution is 7.80. The molecule has 1 rings (SSSR count). The fourth-order valence-corrected chi connectivity index (χ4v) is 1.93. The van der Waals surface area contributed by atoms with Crippen molar-refractivity contribution in [3.63, 3.8) is 0 Å². The normalized spacial score (nSPS) is 11.9. The van der Waals surface area contributed by atoms with Crippen LogP contribution in [0.25, 0.3) is 0 Å². The van der Waals surface area contributed by atoms with Gasteiger partial charge in [-0.1, -0.05) is 18.7 Å². The van der Waals surface area contributed by atoms with Crippen LogP contribution in [0, 0.1) is 12.3 Å². The van der Waals surface area contributed by atoms with Crippen LogP contribution in [0.5, 0.6) is 0 Å². The molecule has 0 bridgehead atoms. The molecule has 1 aromatic carbocycles. The summed E-state index contributed by atoms with van der Waals surface area (Å²) in [5.41, 5.74) is 12.5. The molecule has 0 saturated carbocycles. The number of Topliss-reactive ketones (excluding diaryl/α,β-unsaturated/α-hetero) is 1. The van der Waals surface area contributed by atoms with Crippen LogP contribution >= 0.6 is 12.6 Å². The number of rotatable bonds is 6. The lowest BCUT2D eigenvalue weighted by atomic mass is 9.97. The Balaban J connectivity index is 2.56. The molecule has 0 unspecified atom stereocenters. The minimum Gasteiger partial charge on any atom is -0.370 e. The second-order valence-electron chi connectivity index (χ2n) is 4.43. The molecule has 1 aromatic rings. The molecule has 5 nitrogen and oxygen atoms in total. The Morgan fingerprint density at radius 1 is 1.53 bits per heavy atom. The lowest BCUT2D eigenvalue weighted by molar-refractivity contribution is 0.0955. The number of aryl methyl sites for hydroxylation is 1. The van der Waals surface area contributed by atoms with Crippen LogP contribution in [0.15, 0.2) is 23.1 Å². The molecule has 0 aliphatic rings. The highest BCUT2D eigenvalue weighted by Gasteiger charge is 2.17. The number of nitrogens with two attached hydrogens (primary N) is 2. The van der Waals surface area contributed by atoms with E-state index >= 15 is 0 Å². The van der Waals surface area contributed by atoms with Gasteiger partial charge in [-0.15, -0.1) is 0 Å². The molecule has 1 radical (unpaired) electrons. The maximum Gasteiger partial charge on any atom is 0.185 e. The predicted octanol–water partition coefficient (Wildman–Crippen LogP) is 1.32. The molecule has 0 aliphatic carbocycles. The summed E-state index contributed by atoms with van der Waals surface area (Å²) in [4.78, 5) is 12.8. The molecule has 6 heteroatoms. The lowest BCUT2D eigenvalue weighted by Crippen LogP contribution is -2.34. The molecule has 1 atom stereocenters. The van der Waals surface area contributed by atoms with Gasteiger partial charge in [0.1, 0.15) is 0 Å². The molecule has 0 aliphatic heterocycles. The number of carbonyl (C=O) groups is 1. The number of nitrogens with one attached hydrogen (secondary N) is 2. The SMILES string of the molecule is Cc1ccc([S])cc1C(=O)[C@@H](N)CCCNC(=N)N. The summed E-state index contributed by atoms with van der Waals surface area (Å²) in [5, 5.41) is 9.69. The van der Waals surface area contributed by atoms with E-state index in [1.807, 2.05) is 13.0 Å². The third-order valence-electron chi connectivity index (χ3n) is 2.82. The van der Waals surface area contributed by atoms with Gasteiger partial charge in [0.25, 0.3) is 0 Å². The molecule has 19 heavy (non-hydrogen) atoms. The Labute approximate surface area is 118 Å². The van der Waals surface area contributed by atoms with E-state index in [4.69, 9.17) is 29.5 Å². The van der Waals surface area contributed by atoms with E-state index in [1.165, 1.54) is 0 Å². The van der Waals surface area contributed by atoms with Crippen LogP contribution in [0.4, 0.5) is 0 Å². The number of hydrogen-bond donors (Lipinski definition) is 4. The molecule has 0 fully saturated rings. The fraction of sp³-hybridized carbons (Fsp3) is 0.385. The minimum atomic E-state index is -0.552. The molecule has 0 amide bonds. The van der Waals surface area contributed by atoms with E-state index in [1.54, 1.807) is 12.1 Å². The van der Waals surface area contributed by atoms with E-state index in [9.17, 15) is 4.79 Å². The molecule has 6 N–H and O–H groups in total. The van der Waals surface area contributed by atoms with E-state index in [2.05, 4.69) is 5.32 Å². The fourth-order valence-electron chi connectivity index (χ4n) is 1.74. The van der Waals surface area contributed by atoms with E-state index in [0.29, 0.717) is 29.8 Å². The molecular weight excluding hydrogens is 260 g/mol. The Bertz CT molecular complexity index is 476. The monoisotopic (exact) mass is 279 g/mol. The molecule has 0 heterocycles. The van der Waals surface area contributed by atoms with Crippen LogP contribution in [-0.2, 0) is 0 Å². The van der Waals surface area contributed by atoms with Crippen LogP contribution in [0.1, 0.15) is 28.8 Å². The Hall–Kier alpha value is -1.66. The standard InChI is InChI=1S/C13H19N4OS/c1-8-4-5-9(19)7-10(8)12(18)11(14)3-2-6-17-13(15)16/h4-5,7,11H,2-3,6,14H2,1H3,(H4,15,16,17)/t11-/m0/s1. The average molecular weight is 279 g/mol. The first-order valence-electron chi connectivity index (χ1n) is 6.07. The largest absolute Gasteiger partial charge is 0.370 e. The van der Waals surface area contributed by atoms with Crippen LogP contribution < -0.4 is 16.8 Å². The van der Waals surface area contributed by atoms with Crippen LogP contribution in [0.3, 0.4) is 0 Å². The number of ketones is 1. The van der Waals surface area contributed by atoms with Crippen molar-refractivity contribution in [3.05, 3.63) is 29.3 Å². The van der Waals surface area contributed by atoms with Gasteiger partial charge >= 0.3 is 0 Å². The third-order valence-corrected chi connectivity index (χ3v) is 3.07. The second-order valence-corrected chi connectivity index (χ2v) is 4.90. The number of hydrogen-bond acceptors (Lipinski definition) is 3. The van der Waals surface area contributed by atoms with Crippen molar-refractivity contribution in [2.45, 2.75) is 30.7 Å². The first-order valence-corrected chi connectivity index (χ1v) is 6.48. The zero-order valence-corrected chi connectivity index (χ0v) is 11.7. The van der Waals surface area contributed by atoms with Gasteiger partial charge in [-0.3, -0.25) is 10.2 Å². The molecule has 0 spiro atoms. The van der Waals surface area contributed by atoms with Crippen LogP contribution in [0.2, 0.25) is 0 Å². The number of guanidine groups is 1. The maximum atomic E-state index is 12.2. The summed E-state index contributed by atoms with van der Waals surface area (Å²) in [6, 6.07) is 4.77. The average Bonchev–Trinajstić information content (AvgIpc) is 2.36. The molecule has 0 aromatic heterocycles. The van der Waals surface area contributed by atoms with Crippen molar-refractivity contribution >= 4 is 24.4 Å². The highest BCUT2D eigenvalue weighted by Crippen LogP contribution is 2.16. The van der Waals surface area contributed by atoms with E-state index in [-0.39, 0.29) is 11.7 Å². The van der Waals surface area contributed by atoms with Gasteiger partial charge in [-0.2, -0.15) is 0 Å². The minimum absolute atomic E-state index is 0.0745. The summed E-state index contributed by atoms with van der Waals surface area (Å²) in [6.45, 7) is 2.41. The van der Waals surface area contributed by atoms with E-state index in [0.717, 1.165) is 5.56 Å². The number of carbonyl (C=O) groups excluding carboxylic acids is 1. The Morgan fingerprint density at radius 3 is 2.84 bits per heavy atom. The Kier molecular flexibility index (Phi) is 5.72. The third kappa shape index (κ3) is 4.84. The lowest BCUT2D eigenvalue weighted by Gasteiger charge is -2.13. The summed E-state index contributed by atoms with van der Waals surface area (Å²) in [5.74, 6) is -0.165. The molecule has 103 valence electrons. The first-order chi connectivity index (χ1) is 8.91. The van der Waals surface area contributed by atoms with Gasteiger partial charge in [0.05, 0.1) is 6.04 Å².